The van der Waals surface area contributed by atoms with Gasteiger partial charge in [-0.3, -0.25) is 0 Å². The molecular weight excluding hydrogens is 246 g/mol. The van der Waals surface area contributed by atoms with E-state index in [2.05, 4.69) is 23.6 Å². The van der Waals surface area contributed by atoms with Gasteiger partial charge in [0.25, 0.3) is 0 Å². The highest BCUT2D eigenvalue weighted by Gasteiger charge is 2.20. The number of hydroxylamine groups is 1. The molecule has 1 aliphatic rings. The van der Waals surface area contributed by atoms with E-state index in [4.69, 9.17) is 4.84 Å². The molecule has 4 nitrogen and oxygen atoms in total. The van der Waals surface area contributed by atoms with E-state index in [1.807, 2.05) is 30.0 Å². The van der Waals surface area contributed by atoms with Gasteiger partial charge in [0.2, 0.25) is 0 Å². The van der Waals surface area contributed by atoms with E-state index >= 15 is 0 Å². The van der Waals surface area contributed by atoms with Gasteiger partial charge in [0, 0.05) is 6.07 Å². The van der Waals surface area contributed by atoms with Crippen LogP contribution >= 0.6 is 12.1 Å². The van der Waals surface area contributed by atoms with Crippen LogP contribution in [0.4, 0.5) is 0 Å². The van der Waals surface area contributed by atoms with E-state index in [1.54, 1.807) is 10.7 Å². The lowest BCUT2D eigenvalue weighted by atomic mass is 10.2. The minimum atomic E-state index is 0.700. The highest BCUT2D eigenvalue weighted by Crippen LogP contribution is 2.22. The summed E-state index contributed by atoms with van der Waals surface area (Å²) in [6.07, 6.45) is 10.0. The van der Waals surface area contributed by atoms with E-state index in [-0.39, 0.29) is 0 Å². The number of allylic oxidation sites excluding steroid dienone is 1. The third-order valence-electron chi connectivity index (χ3n) is 2.52. The molecule has 0 amide bonds. The van der Waals surface area contributed by atoms with E-state index in [9.17, 15) is 0 Å². The van der Waals surface area contributed by atoms with Crippen molar-refractivity contribution in [3.63, 3.8) is 0 Å². The second kappa shape index (κ2) is 6.56. The SMILES string of the molecule is CCCC=CON1CC(c2ccc[n+](C)c2)=NS1. The zero-order valence-corrected chi connectivity index (χ0v) is 11.6. The lowest BCUT2D eigenvalue weighted by Crippen LogP contribution is -2.28. The number of pyridine rings is 1. The molecule has 0 saturated heterocycles. The van der Waals surface area contributed by atoms with E-state index in [0.29, 0.717) is 6.54 Å². The molecule has 1 aromatic heterocycles. The molecule has 2 rings (SSSR count). The first-order valence-corrected chi connectivity index (χ1v) is 6.81. The monoisotopic (exact) mass is 264 g/mol. The number of nitrogens with zero attached hydrogens (tertiary/aromatic N) is 3. The predicted molar refractivity (Wildman–Crippen MR) is 73.6 cm³/mol. The maximum absolute atomic E-state index is 5.48. The van der Waals surface area contributed by atoms with Gasteiger partial charge in [-0.2, -0.15) is 4.40 Å². The molecule has 0 spiro atoms. The zero-order chi connectivity index (χ0) is 12.8. The molecule has 1 aliphatic heterocycles. The fraction of sp³-hybridized carbons (Fsp3) is 0.385. The Balaban J connectivity index is 1.88. The minimum absolute atomic E-state index is 0.700. The lowest BCUT2D eigenvalue weighted by Gasteiger charge is -2.09. The van der Waals surface area contributed by atoms with Gasteiger partial charge < -0.3 is 4.84 Å². The standard InChI is InChI=1S/C13H18N3OS/c1-3-4-5-9-17-16-11-13(14-18-16)12-7-6-8-15(2)10-12/h5-10H,3-4,11H2,1-2H3/q+1. The van der Waals surface area contributed by atoms with Crippen LogP contribution in [0.2, 0.25) is 0 Å². The quantitative estimate of drug-likeness (QED) is 0.464. The Morgan fingerprint density at radius 1 is 1.61 bits per heavy atom. The van der Waals surface area contributed by atoms with Crippen LogP contribution in [0.25, 0.3) is 0 Å². The summed E-state index contributed by atoms with van der Waals surface area (Å²) in [5.41, 5.74) is 2.18. The first-order chi connectivity index (χ1) is 8.79. The number of hydrogen-bond acceptors (Lipinski definition) is 4. The van der Waals surface area contributed by atoms with Gasteiger partial charge in [-0.1, -0.05) is 17.8 Å². The fourth-order valence-corrected chi connectivity index (χ4v) is 2.20. The van der Waals surface area contributed by atoms with Crippen LogP contribution in [0.15, 0.2) is 41.3 Å². The molecule has 0 aromatic carbocycles. The molecule has 1 aromatic rings. The van der Waals surface area contributed by atoms with Crippen molar-refractivity contribution in [2.24, 2.45) is 11.4 Å². The van der Waals surface area contributed by atoms with Crippen molar-refractivity contribution in [2.75, 3.05) is 6.54 Å². The second-order valence-corrected chi connectivity index (χ2v) is 4.89. The largest absolute Gasteiger partial charge is 0.401 e. The van der Waals surface area contributed by atoms with Gasteiger partial charge in [0.05, 0.1) is 30.0 Å². The van der Waals surface area contributed by atoms with Crippen LogP contribution in [0, 0.1) is 0 Å². The number of aromatic nitrogens is 1. The summed E-state index contributed by atoms with van der Waals surface area (Å²) in [6, 6.07) is 4.09. The Kier molecular flexibility index (Phi) is 4.78. The summed E-state index contributed by atoms with van der Waals surface area (Å²) in [7, 11) is 2.01. The Bertz CT molecular complexity index is 459. The number of hydrogen-bond donors (Lipinski definition) is 0. The molecule has 0 saturated carbocycles. The third-order valence-corrected chi connectivity index (χ3v) is 3.22. The van der Waals surface area contributed by atoms with Crippen molar-refractivity contribution < 1.29 is 9.40 Å². The highest BCUT2D eigenvalue weighted by atomic mass is 32.2. The first-order valence-electron chi connectivity index (χ1n) is 6.08. The van der Waals surface area contributed by atoms with E-state index in [0.717, 1.165) is 24.1 Å². The molecule has 0 radical (unpaired) electrons. The summed E-state index contributed by atoms with van der Waals surface area (Å²) < 4.78 is 8.21. The van der Waals surface area contributed by atoms with Crippen molar-refractivity contribution in [3.05, 3.63) is 42.4 Å². The van der Waals surface area contributed by atoms with Crippen LogP contribution in [0.5, 0.6) is 0 Å². The molecule has 0 aliphatic carbocycles. The van der Waals surface area contributed by atoms with E-state index < -0.39 is 0 Å². The number of rotatable bonds is 5. The summed E-state index contributed by atoms with van der Waals surface area (Å²) in [6.45, 7) is 2.84. The average Bonchev–Trinajstić information content (AvgIpc) is 2.83. The molecule has 0 N–H and O–H groups in total. The van der Waals surface area contributed by atoms with Crippen molar-refractivity contribution in [3.8, 4) is 0 Å². The Labute approximate surface area is 112 Å². The van der Waals surface area contributed by atoms with Crippen molar-refractivity contribution in [1.82, 2.24) is 4.47 Å². The summed E-state index contributed by atoms with van der Waals surface area (Å²) in [5.74, 6) is 0. The summed E-state index contributed by atoms with van der Waals surface area (Å²) in [4.78, 5) is 5.48. The fourth-order valence-electron chi connectivity index (χ4n) is 1.58. The van der Waals surface area contributed by atoms with Crippen molar-refractivity contribution in [2.45, 2.75) is 19.8 Å². The minimum Gasteiger partial charge on any atom is -0.401 e. The topological polar surface area (TPSA) is 28.7 Å². The van der Waals surface area contributed by atoms with Gasteiger partial charge in [-0.15, -0.1) is 0 Å². The molecule has 96 valence electrons. The molecule has 2 heterocycles. The zero-order valence-electron chi connectivity index (χ0n) is 10.7. The van der Waals surface area contributed by atoms with E-state index in [1.165, 1.54) is 12.1 Å². The van der Waals surface area contributed by atoms with Crippen LogP contribution in [0.1, 0.15) is 25.3 Å². The second-order valence-electron chi connectivity index (χ2n) is 4.13. The van der Waals surface area contributed by atoms with Gasteiger partial charge in [0.1, 0.15) is 13.3 Å². The van der Waals surface area contributed by atoms with Crippen molar-refractivity contribution >= 4 is 17.8 Å². The normalized spacial score (nSPS) is 16.2. The van der Waals surface area contributed by atoms with Crippen molar-refractivity contribution in [1.29, 1.82) is 0 Å². The molecule has 5 heteroatoms. The van der Waals surface area contributed by atoms with Crippen LogP contribution < -0.4 is 4.57 Å². The predicted octanol–water partition coefficient (Wildman–Crippen LogP) is 2.42. The number of unbranched alkanes of at least 4 members (excludes halogenated alkanes) is 1. The molecule has 0 bridgehead atoms. The van der Waals surface area contributed by atoms with Gasteiger partial charge in [-0.25, -0.2) is 4.57 Å². The summed E-state index contributed by atoms with van der Waals surface area (Å²) in [5, 5.41) is 0. The number of aryl methyl sites for hydroxylation is 1. The lowest BCUT2D eigenvalue weighted by molar-refractivity contribution is -0.671. The molecule has 0 fully saturated rings. The van der Waals surface area contributed by atoms with Crippen LogP contribution in [-0.4, -0.2) is 16.7 Å². The third kappa shape index (κ3) is 3.58. The highest BCUT2D eigenvalue weighted by molar-refractivity contribution is 7.96. The van der Waals surface area contributed by atoms with Gasteiger partial charge in [0.15, 0.2) is 12.4 Å². The van der Waals surface area contributed by atoms with Crippen LogP contribution in [-0.2, 0) is 11.9 Å². The maximum atomic E-state index is 5.48. The molecule has 18 heavy (non-hydrogen) atoms. The first kappa shape index (κ1) is 13.1. The van der Waals surface area contributed by atoms with Gasteiger partial charge in [-0.05, 0) is 18.6 Å². The molecular formula is C13H18N3OS+. The maximum Gasteiger partial charge on any atom is 0.177 e. The Morgan fingerprint density at radius 3 is 3.28 bits per heavy atom. The molecule has 0 atom stereocenters. The Hall–Kier alpha value is -1.33. The van der Waals surface area contributed by atoms with Gasteiger partial charge >= 0.3 is 0 Å². The molecule has 0 unspecified atom stereocenters. The average molecular weight is 264 g/mol. The smallest absolute Gasteiger partial charge is 0.177 e. The van der Waals surface area contributed by atoms with Crippen LogP contribution in [0.3, 0.4) is 0 Å². The Morgan fingerprint density at radius 2 is 2.50 bits per heavy atom. The summed E-state index contributed by atoms with van der Waals surface area (Å²) >= 11 is 1.35.